The van der Waals surface area contributed by atoms with Crippen molar-refractivity contribution in [1.82, 2.24) is 4.90 Å². The largest absolute Gasteiger partial charge is 0.444 e. The summed E-state index contributed by atoms with van der Waals surface area (Å²) in [5, 5.41) is 2.81. The smallest absolute Gasteiger partial charge is 0.411 e. The fourth-order valence-corrected chi connectivity index (χ4v) is 3.82. The summed E-state index contributed by atoms with van der Waals surface area (Å²) in [7, 11) is 1.24. The number of rotatable bonds is 4. The van der Waals surface area contributed by atoms with Crippen molar-refractivity contribution in [2.24, 2.45) is 0 Å². The molecule has 2 aromatic rings. The van der Waals surface area contributed by atoms with Crippen molar-refractivity contribution < 1.29 is 27.8 Å². The standard InChI is InChI=1S/C23H25ClF2N2O4/c1-23(2,3)32-22(30)28-12-16(25)20(31-4)19(28)21(29)27-17-11-7-9-14(18(17)26)13-8-5-6-10-15(13)24/h5-11,16,19-20H,12H2,1-4H3,(H,27,29)/t16-,19-,20+/m0/s1. The van der Waals surface area contributed by atoms with E-state index in [-0.39, 0.29) is 17.8 Å². The Kier molecular flexibility index (Phi) is 7.05. The molecular formula is C23H25ClF2N2O4. The summed E-state index contributed by atoms with van der Waals surface area (Å²) in [6.07, 6.45) is -3.69. The van der Waals surface area contributed by atoms with Crippen LogP contribution in [0, 0.1) is 5.82 Å². The third-order valence-electron chi connectivity index (χ3n) is 4.96. The highest BCUT2D eigenvalue weighted by molar-refractivity contribution is 6.33. The lowest BCUT2D eigenvalue weighted by Crippen LogP contribution is -2.49. The molecular weight excluding hydrogens is 442 g/mol. The average molecular weight is 467 g/mol. The highest BCUT2D eigenvalue weighted by Gasteiger charge is 2.50. The Morgan fingerprint density at radius 2 is 1.78 bits per heavy atom. The summed E-state index contributed by atoms with van der Waals surface area (Å²) >= 11 is 6.18. The zero-order valence-corrected chi connectivity index (χ0v) is 19.0. The van der Waals surface area contributed by atoms with Crippen LogP contribution in [0.4, 0.5) is 19.3 Å². The second-order valence-corrected chi connectivity index (χ2v) is 8.84. The van der Waals surface area contributed by atoms with Crippen molar-refractivity contribution in [2.75, 3.05) is 19.0 Å². The maximum atomic E-state index is 15.2. The van der Waals surface area contributed by atoms with E-state index < -0.39 is 41.7 Å². The van der Waals surface area contributed by atoms with Gasteiger partial charge in [-0.15, -0.1) is 0 Å². The summed E-state index contributed by atoms with van der Waals surface area (Å²) in [6, 6.07) is 9.84. The van der Waals surface area contributed by atoms with Gasteiger partial charge in [0, 0.05) is 23.3 Å². The average Bonchev–Trinajstić information content (AvgIpc) is 3.05. The van der Waals surface area contributed by atoms with E-state index in [1.54, 1.807) is 51.1 Å². The van der Waals surface area contributed by atoms with Crippen molar-refractivity contribution >= 4 is 29.3 Å². The fourth-order valence-electron chi connectivity index (χ4n) is 3.58. The number of halogens is 3. The van der Waals surface area contributed by atoms with Gasteiger partial charge in [0.2, 0.25) is 5.91 Å². The van der Waals surface area contributed by atoms with E-state index >= 15 is 4.39 Å². The monoisotopic (exact) mass is 466 g/mol. The zero-order valence-electron chi connectivity index (χ0n) is 18.2. The normalized spacial score (nSPS) is 20.8. The van der Waals surface area contributed by atoms with Crippen molar-refractivity contribution in [3.05, 3.63) is 53.3 Å². The lowest BCUT2D eigenvalue weighted by molar-refractivity contribution is -0.124. The number of ether oxygens (including phenoxy) is 2. The minimum absolute atomic E-state index is 0.131. The number of carbonyl (C=O) groups excluding carboxylic acids is 2. The molecule has 0 saturated carbocycles. The fraction of sp³-hybridized carbons (Fsp3) is 0.391. The van der Waals surface area contributed by atoms with Crippen LogP contribution in [-0.2, 0) is 14.3 Å². The first-order valence-electron chi connectivity index (χ1n) is 10.0. The molecule has 9 heteroatoms. The summed E-state index contributed by atoms with van der Waals surface area (Å²) in [5.74, 6) is -1.50. The number of amides is 2. The number of carbonyl (C=O) groups is 2. The van der Waals surface area contributed by atoms with Gasteiger partial charge in [0.1, 0.15) is 23.9 Å². The van der Waals surface area contributed by atoms with E-state index in [4.69, 9.17) is 21.1 Å². The van der Waals surface area contributed by atoms with E-state index in [0.717, 1.165) is 4.90 Å². The van der Waals surface area contributed by atoms with Crippen LogP contribution >= 0.6 is 11.6 Å². The van der Waals surface area contributed by atoms with Gasteiger partial charge in [0.25, 0.3) is 0 Å². The van der Waals surface area contributed by atoms with Crippen molar-refractivity contribution in [3.8, 4) is 11.1 Å². The van der Waals surface area contributed by atoms with E-state index in [1.807, 2.05) is 0 Å². The van der Waals surface area contributed by atoms with Crippen LogP contribution < -0.4 is 5.32 Å². The quantitative estimate of drug-likeness (QED) is 0.684. The van der Waals surface area contributed by atoms with Crippen LogP contribution in [0.1, 0.15) is 20.8 Å². The van der Waals surface area contributed by atoms with E-state index in [2.05, 4.69) is 5.32 Å². The number of alkyl halides is 1. The minimum Gasteiger partial charge on any atom is -0.444 e. The molecule has 1 heterocycles. The van der Waals surface area contributed by atoms with Crippen molar-refractivity contribution in [3.63, 3.8) is 0 Å². The molecule has 1 aliphatic heterocycles. The van der Waals surface area contributed by atoms with Gasteiger partial charge in [-0.3, -0.25) is 9.69 Å². The van der Waals surface area contributed by atoms with Gasteiger partial charge in [0.15, 0.2) is 5.82 Å². The van der Waals surface area contributed by atoms with E-state index in [9.17, 15) is 14.0 Å². The number of hydrogen-bond acceptors (Lipinski definition) is 4. The predicted octanol–water partition coefficient (Wildman–Crippen LogP) is 5.06. The van der Waals surface area contributed by atoms with Gasteiger partial charge < -0.3 is 14.8 Å². The maximum Gasteiger partial charge on any atom is 0.411 e. The number of hydrogen-bond donors (Lipinski definition) is 1. The zero-order chi connectivity index (χ0) is 23.6. The molecule has 1 saturated heterocycles. The van der Waals surface area contributed by atoms with E-state index in [0.29, 0.717) is 10.6 Å². The number of nitrogens with one attached hydrogen (secondary N) is 1. The summed E-state index contributed by atoms with van der Waals surface area (Å²) in [5.41, 5.74) is -0.327. The lowest BCUT2D eigenvalue weighted by atomic mass is 10.0. The molecule has 0 spiro atoms. The van der Waals surface area contributed by atoms with Gasteiger partial charge in [-0.1, -0.05) is 41.9 Å². The molecule has 3 atom stereocenters. The van der Waals surface area contributed by atoms with Gasteiger partial charge in [0.05, 0.1) is 12.2 Å². The van der Waals surface area contributed by atoms with Gasteiger partial charge in [-0.25, -0.2) is 13.6 Å². The number of anilines is 1. The highest BCUT2D eigenvalue weighted by Crippen LogP contribution is 2.33. The third kappa shape index (κ3) is 5.02. The second kappa shape index (κ2) is 9.42. The van der Waals surface area contributed by atoms with Gasteiger partial charge >= 0.3 is 6.09 Å². The van der Waals surface area contributed by atoms with Crippen molar-refractivity contribution in [1.29, 1.82) is 0 Å². The van der Waals surface area contributed by atoms with Gasteiger partial charge in [-0.2, -0.15) is 0 Å². The molecule has 1 N–H and O–H groups in total. The Bertz CT molecular complexity index is 1010. The molecule has 6 nitrogen and oxygen atoms in total. The molecule has 3 rings (SSSR count). The maximum absolute atomic E-state index is 15.2. The first kappa shape index (κ1) is 23.9. The molecule has 2 amide bonds. The molecule has 1 aliphatic rings. The molecule has 172 valence electrons. The van der Waals surface area contributed by atoms with Crippen LogP contribution in [0.15, 0.2) is 42.5 Å². The highest BCUT2D eigenvalue weighted by atomic mass is 35.5. The minimum atomic E-state index is -1.61. The Hall–Kier alpha value is -2.71. The molecule has 2 aromatic carbocycles. The molecule has 0 bridgehead atoms. The van der Waals surface area contributed by atoms with Crippen LogP contribution in [-0.4, -0.2) is 54.5 Å². The van der Waals surface area contributed by atoms with Crippen LogP contribution in [0.3, 0.4) is 0 Å². The topological polar surface area (TPSA) is 67.9 Å². The first-order valence-corrected chi connectivity index (χ1v) is 10.4. The van der Waals surface area contributed by atoms with Gasteiger partial charge in [-0.05, 0) is 32.9 Å². The van der Waals surface area contributed by atoms with Crippen molar-refractivity contribution in [2.45, 2.75) is 44.7 Å². The summed E-state index contributed by atoms with van der Waals surface area (Å²) in [6.45, 7) is 4.60. The number of likely N-dealkylation sites (tertiary alicyclic amines) is 1. The number of benzene rings is 2. The lowest BCUT2D eigenvalue weighted by Gasteiger charge is -2.29. The number of nitrogens with zero attached hydrogens (tertiary/aromatic N) is 1. The van der Waals surface area contributed by atoms with Crippen LogP contribution in [0.5, 0.6) is 0 Å². The second-order valence-electron chi connectivity index (χ2n) is 8.43. The molecule has 0 aromatic heterocycles. The Labute approximate surface area is 190 Å². The summed E-state index contributed by atoms with van der Waals surface area (Å²) in [4.78, 5) is 26.6. The molecule has 0 unspecified atom stereocenters. The van der Waals surface area contributed by atoms with E-state index in [1.165, 1.54) is 19.2 Å². The summed E-state index contributed by atoms with van der Waals surface area (Å²) < 4.78 is 40.2. The molecule has 32 heavy (non-hydrogen) atoms. The third-order valence-corrected chi connectivity index (χ3v) is 5.29. The SMILES string of the molecule is CO[C@H]1[C@@H](C(=O)Nc2cccc(-c3ccccc3Cl)c2F)N(C(=O)OC(C)(C)C)C[C@@H]1F. The van der Waals surface area contributed by atoms with Crippen LogP contribution in [0.25, 0.3) is 11.1 Å². The molecule has 0 radical (unpaired) electrons. The predicted molar refractivity (Wildman–Crippen MR) is 118 cm³/mol. The Morgan fingerprint density at radius 1 is 1.12 bits per heavy atom. The Morgan fingerprint density at radius 3 is 2.41 bits per heavy atom. The molecule has 0 aliphatic carbocycles. The Balaban J connectivity index is 1.90. The first-order chi connectivity index (χ1) is 15.0. The van der Waals surface area contributed by atoms with Crippen LogP contribution in [0.2, 0.25) is 5.02 Å². The molecule has 1 fully saturated rings. The number of methoxy groups -OCH3 is 1.